The van der Waals surface area contributed by atoms with Crippen molar-refractivity contribution < 1.29 is 9.53 Å². The summed E-state index contributed by atoms with van der Waals surface area (Å²) < 4.78 is 5.60. The van der Waals surface area contributed by atoms with E-state index in [0.29, 0.717) is 0 Å². The molecule has 1 aromatic rings. The zero-order chi connectivity index (χ0) is 16.8. The summed E-state index contributed by atoms with van der Waals surface area (Å²) in [6.45, 7) is 10.1. The van der Waals surface area contributed by atoms with Gasteiger partial charge in [-0.15, -0.1) is 0 Å². The van der Waals surface area contributed by atoms with Crippen LogP contribution < -0.4 is 0 Å². The van der Waals surface area contributed by atoms with E-state index in [1.54, 1.807) is 0 Å². The van der Waals surface area contributed by atoms with Gasteiger partial charge in [-0.05, 0) is 70.6 Å². The Labute approximate surface area is 139 Å². The van der Waals surface area contributed by atoms with Crippen molar-refractivity contribution >= 4 is 11.7 Å². The minimum absolute atomic E-state index is 0.165. The van der Waals surface area contributed by atoms with Crippen molar-refractivity contribution in [2.75, 3.05) is 0 Å². The molecule has 3 nitrogen and oxygen atoms in total. The Balaban J connectivity index is 1.86. The van der Waals surface area contributed by atoms with E-state index in [1.807, 2.05) is 25.7 Å². The first kappa shape index (κ1) is 16.1. The minimum Gasteiger partial charge on any atom is -0.444 e. The van der Waals surface area contributed by atoms with Crippen molar-refractivity contribution in [2.24, 2.45) is 0 Å². The quantitative estimate of drug-likeness (QED) is 0.741. The molecule has 2 aliphatic heterocycles. The van der Waals surface area contributed by atoms with Gasteiger partial charge in [0.2, 0.25) is 0 Å². The van der Waals surface area contributed by atoms with Crippen molar-refractivity contribution in [3.05, 3.63) is 41.0 Å². The second-order valence-electron chi connectivity index (χ2n) is 7.90. The molecular formula is C20H27NO2. The van der Waals surface area contributed by atoms with Crippen molar-refractivity contribution in [1.82, 2.24) is 4.90 Å². The van der Waals surface area contributed by atoms with Crippen molar-refractivity contribution in [3.8, 4) is 0 Å². The average Bonchev–Trinajstić information content (AvgIpc) is 2.71. The molecule has 2 bridgehead atoms. The van der Waals surface area contributed by atoms with Crippen LogP contribution in [0.2, 0.25) is 0 Å². The molecule has 2 aliphatic rings. The van der Waals surface area contributed by atoms with Gasteiger partial charge in [-0.2, -0.15) is 0 Å². The number of ether oxygens (including phenoxy) is 1. The third kappa shape index (κ3) is 3.29. The molecule has 2 atom stereocenters. The lowest BCUT2D eigenvalue weighted by molar-refractivity contribution is 0.0175. The number of rotatable bonds is 1. The highest BCUT2D eigenvalue weighted by Crippen LogP contribution is 2.40. The predicted molar refractivity (Wildman–Crippen MR) is 93.4 cm³/mol. The van der Waals surface area contributed by atoms with Gasteiger partial charge in [-0.1, -0.05) is 29.8 Å². The summed E-state index contributed by atoms with van der Waals surface area (Å²) in [5.41, 5.74) is 4.89. The van der Waals surface area contributed by atoms with Gasteiger partial charge in [0.1, 0.15) is 5.60 Å². The van der Waals surface area contributed by atoms with E-state index in [0.717, 1.165) is 19.3 Å². The molecule has 124 valence electrons. The van der Waals surface area contributed by atoms with Gasteiger partial charge in [-0.25, -0.2) is 4.79 Å². The third-order valence-electron chi connectivity index (χ3n) is 4.74. The Morgan fingerprint density at radius 2 is 1.96 bits per heavy atom. The fraction of sp³-hybridized carbons (Fsp3) is 0.550. The Morgan fingerprint density at radius 1 is 1.22 bits per heavy atom. The molecule has 0 radical (unpaired) electrons. The van der Waals surface area contributed by atoms with E-state index in [9.17, 15) is 4.79 Å². The van der Waals surface area contributed by atoms with Crippen LogP contribution in [0.4, 0.5) is 4.79 Å². The largest absolute Gasteiger partial charge is 0.444 e. The van der Waals surface area contributed by atoms with Crippen LogP contribution in [0.15, 0.2) is 24.3 Å². The lowest BCUT2D eigenvalue weighted by Gasteiger charge is -2.35. The number of hydrogen-bond acceptors (Lipinski definition) is 2. The number of carbonyl (C=O) groups excluding carboxylic acids is 1. The maximum atomic E-state index is 12.5. The highest BCUT2D eigenvalue weighted by Gasteiger charge is 2.41. The Morgan fingerprint density at radius 3 is 2.61 bits per heavy atom. The zero-order valence-electron chi connectivity index (χ0n) is 14.8. The third-order valence-corrected chi connectivity index (χ3v) is 4.74. The van der Waals surface area contributed by atoms with Crippen LogP contribution in [0.5, 0.6) is 0 Å². The molecule has 0 saturated carbocycles. The minimum atomic E-state index is -0.437. The van der Waals surface area contributed by atoms with Crippen LogP contribution in [0, 0.1) is 13.8 Å². The summed E-state index contributed by atoms with van der Waals surface area (Å²) in [4.78, 5) is 14.5. The Bertz CT molecular complexity index is 654. The summed E-state index contributed by atoms with van der Waals surface area (Å²) in [6.07, 6.45) is 5.16. The summed E-state index contributed by atoms with van der Waals surface area (Å²) in [5.74, 6) is 0. The maximum absolute atomic E-state index is 12.5. The van der Waals surface area contributed by atoms with Gasteiger partial charge in [0.05, 0.1) is 6.04 Å². The fourth-order valence-electron chi connectivity index (χ4n) is 3.71. The molecule has 0 aromatic heterocycles. The molecule has 1 saturated heterocycles. The number of benzene rings is 1. The highest BCUT2D eigenvalue weighted by molar-refractivity contribution is 5.76. The van der Waals surface area contributed by atoms with Crippen molar-refractivity contribution in [3.63, 3.8) is 0 Å². The lowest BCUT2D eigenvalue weighted by atomic mass is 9.91. The zero-order valence-corrected chi connectivity index (χ0v) is 14.8. The number of aryl methyl sites for hydroxylation is 2. The molecule has 1 aromatic carbocycles. The standard InChI is InChI=1S/C20H27NO2/c1-13-6-7-14(2)18(10-13)15-11-16-8-9-17(12-15)21(16)19(22)23-20(3,4)5/h6-7,10-11,16-17H,8-9,12H2,1-5H3. The molecule has 3 heteroatoms. The number of carbonyl (C=O) groups is 1. The number of amides is 1. The van der Waals surface area contributed by atoms with Gasteiger partial charge < -0.3 is 4.74 Å². The molecule has 3 rings (SSSR count). The predicted octanol–water partition coefficient (Wildman–Crippen LogP) is 4.86. The molecule has 1 amide bonds. The number of hydrogen-bond donors (Lipinski definition) is 0. The van der Waals surface area contributed by atoms with Gasteiger partial charge in [0.25, 0.3) is 0 Å². The molecule has 2 unspecified atom stereocenters. The molecule has 0 spiro atoms. The van der Waals surface area contributed by atoms with Crippen LogP contribution >= 0.6 is 0 Å². The molecule has 23 heavy (non-hydrogen) atoms. The van der Waals surface area contributed by atoms with Gasteiger partial charge in [-0.3, -0.25) is 4.90 Å². The summed E-state index contributed by atoms with van der Waals surface area (Å²) in [6, 6.07) is 7.06. The first-order chi connectivity index (χ1) is 10.7. The van der Waals surface area contributed by atoms with Crippen LogP contribution in [0.1, 0.15) is 56.7 Å². The van der Waals surface area contributed by atoms with E-state index >= 15 is 0 Å². The monoisotopic (exact) mass is 313 g/mol. The van der Waals surface area contributed by atoms with Crippen LogP contribution in [-0.4, -0.2) is 28.7 Å². The maximum Gasteiger partial charge on any atom is 0.411 e. The highest BCUT2D eigenvalue weighted by atomic mass is 16.6. The first-order valence-corrected chi connectivity index (χ1v) is 8.54. The van der Waals surface area contributed by atoms with Crippen molar-refractivity contribution in [2.45, 2.75) is 71.6 Å². The van der Waals surface area contributed by atoms with Gasteiger partial charge in [0, 0.05) is 6.04 Å². The smallest absolute Gasteiger partial charge is 0.411 e. The average molecular weight is 313 g/mol. The van der Waals surface area contributed by atoms with Crippen molar-refractivity contribution in [1.29, 1.82) is 0 Å². The van der Waals surface area contributed by atoms with Crippen LogP contribution in [0.25, 0.3) is 5.57 Å². The number of fused-ring (bicyclic) bond motifs is 2. The van der Waals surface area contributed by atoms with Gasteiger partial charge >= 0.3 is 6.09 Å². The lowest BCUT2D eigenvalue weighted by Crippen LogP contribution is -2.45. The van der Waals surface area contributed by atoms with E-state index in [1.165, 1.54) is 22.3 Å². The first-order valence-electron chi connectivity index (χ1n) is 8.54. The topological polar surface area (TPSA) is 29.5 Å². The molecule has 2 heterocycles. The second kappa shape index (κ2) is 5.70. The summed E-state index contributed by atoms with van der Waals surface area (Å²) in [5, 5.41) is 0. The molecular weight excluding hydrogens is 286 g/mol. The second-order valence-corrected chi connectivity index (χ2v) is 7.90. The summed E-state index contributed by atoms with van der Waals surface area (Å²) in [7, 11) is 0. The van der Waals surface area contributed by atoms with E-state index in [-0.39, 0.29) is 18.2 Å². The molecule has 0 N–H and O–H groups in total. The van der Waals surface area contributed by atoms with Crippen LogP contribution in [0.3, 0.4) is 0 Å². The molecule has 0 aliphatic carbocycles. The number of nitrogens with zero attached hydrogens (tertiary/aromatic N) is 1. The van der Waals surface area contributed by atoms with Crippen LogP contribution in [-0.2, 0) is 4.74 Å². The molecule has 1 fully saturated rings. The normalized spacial score (nSPS) is 23.7. The Hall–Kier alpha value is -1.77. The van der Waals surface area contributed by atoms with E-state index in [2.05, 4.69) is 38.1 Å². The van der Waals surface area contributed by atoms with Gasteiger partial charge in [0.15, 0.2) is 0 Å². The Kier molecular flexibility index (Phi) is 3.99. The summed E-state index contributed by atoms with van der Waals surface area (Å²) >= 11 is 0. The van der Waals surface area contributed by atoms with E-state index in [4.69, 9.17) is 4.74 Å². The van der Waals surface area contributed by atoms with E-state index < -0.39 is 5.60 Å². The SMILES string of the molecule is Cc1ccc(C)c(C2=CC3CCC(C2)N3C(=O)OC(C)(C)C)c1. The fourth-order valence-corrected chi connectivity index (χ4v) is 3.71.